The van der Waals surface area contributed by atoms with Crippen LogP contribution in [0.2, 0.25) is 5.02 Å². The summed E-state index contributed by atoms with van der Waals surface area (Å²) in [6.45, 7) is 1.34. The lowest BCUT2D eigenvalue weighted by molar-refractivity contribution is -0.140. The van der Waals surface area contributed by atoms with E-state index in [-0.39, 0.29) is 6.04 Å². The molecule has 1 aromatic heterocycles. The molecule has 0 spiro atoms. The molecule has 5 heteroatoms. The highest BCUT2D eigenvalue weighted by molar-refractivity contribution is 6.30. The zero-order valence-corrected chi connectivity index (χ0v) is 16.4. The Labute approximate surface area is 168 Å². The Kier molecular flexibility index (Phi) is 4.07. The monoisotopic (exact) mass is 392 g/mol. The average Bonchev–Trinajstić information content (AvgIpc) is 3.03. The molecule has 4 nitrogen and oxygen atoms in total. The molecule has 2 heterocycles. The molecule has 0 unspecified atom stereocenters. The lowest BCUT2D eigenvalue weighted by Crippen LogP contribution is -2.44. The first-order valence-electron chi connectivity index (χ1n) is 9.51. The minimum absolute atomic E-state index is 0.236. The second-order valence-corrected chi connectivity index (χ2v) is 8.27. The Morgan fingerprint density at radius 3 is 2.75 bits per heavy atom. The second kappa shape index (κ2) is 6.50. The van der Waals surface area contributed by atoms with Crippen LogP contribution in [-0.2, 0) is 17.8 Å². The van der Waals surface area contributed by atoms with Gasteiger partial charge in [-0.1, -0.05) is 41.9 Å². The van der Waals surface area contributed by atoms with Gasteiger partial charge in [-0.15, -0.1) is 0 Å². The fourth-order valence-corrected chi connectivity index (χ4v) is 4.83. The van der Waals surface area contributed by atoms with Crippen LogP contribution in [0.3, 0.4) is 0 Å². The van der Waals surface area contributed by atoms with Gasteiger partial charge >= 0.3 is 5.97 Å². The first-order chi connectivity index (χ1) is 13.5. The molecule has 5 rings (SSSR count). The highest BCUT2D eigenvalue weighted by atomic mass is 35.5. The van der Waals surface area contributed by atoms with E-state index in [9.17, 15) is 9.90 Å². The first kappa shape index (κ1) is 17.5. The number of aliphatic carboxylic acids is 1. The Balaban J connectivity index is 1.63. The van der Waals surface area contributed by atoms with Gasteiger partial charge in [-0.25, -0.2) is 0 Å². The Morgan fingerprint density at radius 1 is 1.21 bits per heavy atom. The molecule has 0 fully saturated rings. The van der Waals surface area contributed by atoms with Gasteiger partial charge in [0.2, 0.25) is 0 Å². The van der Waals surface area contributed by atoms with Gasteiger partial charge in [0.05, 0.1) is 5.92 Å². The number of hydrogen-bond acceptors (Lipinski definition) is 2. The molecule has 0 saturated carbocycles. The van der Waals surface area contributed by atoms with E-state index in [0.717, 1.165) is 23.6 Å². The van der Waals surface area contributed by atoms with Gasteiger partial charge in [-0.3, -0.25) is 9.69 Å². The van der Waals surface area contributed by atoms with E-state index >= 15 is 0 Å². The van der Waals surface area contributed by atoms with Crippen LogP contribution in [0.4, 0.5) is 0 Å². The maximum absolute atomic E-state index is 11.6. The molecule has 3 aromatic rings. The fraction of sp³-hybridized carbons (Fsp3) is 0.261. The number of carbonyl (C=O) groups is 1. The smallest absolute Gasteiger partial charge is 0.311 e. The molecule has 1 aliphatic heterocycles. The van der Waals surface area contributed by atoms with E-state index in [0.29, 0.717) is 6.54 Å². The SMILES string of the molecule is CN1C[C@H](C(=O)O)C=C2c3cccc4c3c(cn4Cc3ccc(Cl)cc3)C[C@H]21. The number of hydrogen-bond donors (Lipinski definition) is 1. The summed E-state index contributed by atoms with van der Waals surface area (Å²) in [5, 5.41) is 11.5. The summed E-state index contributed by atoms with van der Waals surface area (Å²) in [6.07, 6.45) is 5.15. The van der Waals surface area contributed by atoms with Gasteiger partial charge in [-0.2, -0.15) is 0 Å². The zero-order valence-electron chi connectivity index (χ0n) is 15.6. The van der Waals surface area contributed by atoms with E-state index in [2.05, 4.69) is 46.0 Å². The number of nitrogens with zero attached hydrogens (tertiary/aromatic N) is 2. The third-order valence-corrected chi connectivity index (χ3v) is 6.30. The number of fused-ring (bicyclic) bond motifs is 2. The number of carboxylic acid groups (broad SMARTS) is 1. The van der Waals surface area contributed by atoms with Crippen LogP contribution in [0, 0.1) is 5.92 Å². The molecule has 1 N–H and O–H groups in total. The van der Waals surface area contributed by atoms with Gasteiger partial charge in [0, 0.05) is 41.3 Å². The number of halogens is 1. The molecule has 0 bridgehead atoms. The van der Waals surface area contributed by atoms with E-state index < -0.39 is 11.9 Å². The number of benzene rings is 2. The molecule has 2 atom stereocenters. The molecule has 142 valence electrons. The van der Waals surface area contributed by atoms with Gasteiger partial charge < -0.3 is 9.67 Å². The van der Waals surface area contributed by atoms with Crippen molar-refractivity contribution in [2.75, 3.05) is 13.6 Å². The average molecular weight is 393 g/mol. The minimum atomic E-state index is -0.754. The Hall–Kier alpha value is -2.56. The largest absolute Gasteiger partial charge is 0.481 e. The van der Waals surface area contributed by atoms with E-state index in [1.807, 2.05) is 25.3 Å². The molecule has 2 aliphatic rings. The summed E-state index contributed by atoms with van der Waals surface area (Å²) >= 11 is 6.02. The molecule has 0 saturated heterocycles. The topological polar surface area (TPSA) is 45.5 Å². The van der Waals surface area contributed by atoms with Gasteiger partial charge in [0.15, 0.2) is 0 Å². The molecular formula is C23H21ClN2O2. The maximum Gasteiger partial charge on any atom is 0.311 e. The van der Waals surface area contributed by atoms with Crippen LogP contribution in [0.15, 0.2) is 54.7 Å². The predicted octanol–water partition coefficient (Wildman–Crippen LogP) is 4.30. The standard InChI is InChI=1S/C23H21ClN2O2/c1-25-12-16(23(27)28)9-19-18-3-2-4-20-22(18)15(10-21(19)25)13-26(20)11-14-5-7-17(24)8-6-14/h2-9,13,16,21H,10-12H2,1H3,(H,27,28)/t16-,21-/m1/s1. The summed E-state index contributed by atoms with van der Waals surface area (Å²) in [6, 6.07) is 14.6. The molecular weight excluding hydrogens is 372 g/mol. The lowest BCUT2D eigenvalue weighted by atomic mass is 9.80. The quantitative estimate of drug-likeness (QED) is 0.722. The zero-order chi connectivity index (χ0) is 19.4. The number of likely N-dealkylation sites (N-methyl/N-ethyl adjacent to an activating group) is 1. The Morgan fingerprint density at radius 2 is 2.00 bits per heavy atom. The highest BCUT2D eigenvalue weighted by Gasteiger charge is 2.35. The van der Waals surface area contributed by atoms with Crippen molar-refractivity contribution in [1.82, 2.24) is 9.47 Å². The summed E-state index contributed by atoms with van der Waals surface area (Å²) in [4.78, 5) is 13.8. The van der Waals surface area contributed by atoms with Crippen molar-refractivity contribution in [1.29, 1.82) is 0 Å². The summed E-state index contributed by atoms with van der Waals surface area (Å²) < 4.78 is 2.30. The van der Waals surface area contributed by atoms with Crippen LogP contribution in [0.25, 0.3) is 16.5 Å². The summed E-state index contributed by atoms with van der Waals surface area (Å²) in [5.74, 6) is -1.21. The van der Waals surface area contributed by atoms with Crippen LogP contribution in [0.1, 0.15) is 16.7 Å². The van der Waals surface area contributed by atoms with E-state index in [1.54, 1.807) is 0 Å². The molecule has 1 aliphatic carbocycles. The van der Waals surface area contributed by atoms with Crippen molar-refractivity contribution in [2.24, 2.45) is 5.92 Å². The minimum Gasteiger partial charge on any atom is -0.481 e. The van der Waals surface area contributed by atoms with Crippen LogP contribution >= 0.6 is 11.6 Å². The van der Waals surface area contributed by atoms with Crippen LogP contribution in [0.5, 0.6) is 0 Å². The summed E-state index contributed by atoms with van der Waals surface area (Å²) in [5.41, 5.74) is 6.07. The molecule has 28 heavy (non-hydrogen) atoms. The summed E-state index contributed by atoms with van der Waals surface area (Å²) in [7, 11) is 2.03. The van der Waals surface area contributed by atoms with Crippen molar-refractivity contribution < 1.29 is 9.90 Å². The third kappa shape index (κ3) is 2.76. The van der Waals surface area contributed by atoms with Gasteiger partial charge in [0.1, 0.15) is 0 Å². The van der Waals surface area contributed by atoms with Crippen molar-refractivity contribution in [3.8, 4) is 0 Å². The lowest BCUT2D eigenvalue weighted by Gasteiger charge is -2.38. The second-order valence-electron chi connectivity index (χ2n) is 7.83. The highest BCUT2D eigenvalue weighted by Crippen LogP contribution is 2.41. The van der Waals surface area contributed by atoms with Crippen molar-refractivity contribution >= 4 is 34.0 Å². The fourth-order valence-electron chi connectivity index (χ4n) is 4.70. The number of aromatic nitrogens is 1. The molecule has 2 aromatic carbocycles. The van der Waals surface area contributed by atoms with Crippen LogP contribution in [-0.4, -0.2) is 40.2 Å². The predicted molar refractivity (Wildman–Crippen MR) is 112 cm³/mol. The van der Waals surface area contributed by atoms with Crippen LogP contribution < -0.4 is 0 Å². The van der Waals surface area contributed by atoms with E-state index in [4.69, 9.17) is 11.6 Å². The molecule has 0 radical (unpaired) electrons. The number of rotatable bonds is 3. The van der Waals surface area contributed by atoms with Crippen molar-refractivity contribution in [2.45, 2.75) is 19.0 Å². The maximum atomic E-state index is 11.6. The number of carboxylic acids is 1. The third-order valence-electron chi connectivity index (χ3n) is 6.05. The van der Waals surface area contributed by atoms with Crippen molar-refractivity contribution in [3.05, 3.63) is 76.5 Å². The van der Waals surface area contributed by atoms with Crippen molar-refractivity contribution in [3.63, 3.8) is 0 Å². The Bertz CT molecular complexity index is 1110. The normalized spacial score (nSPS) is 21.4. The first-order valence-corrected chi connectivity index (χ1v) is 9.89. The van der Waals surface area contributed by atoms with Gasteiger partial charge in [-0.05, 0) is 53.9 Å². The molecule has 0 amide bonds. The van der Waals surface area contributed by atoms with E-state index in [1.165, 1.54) is 27.6 Å². The van der Waals surface area contributed by atoms with Gasteiger partial charge in [0.25, 0.3) is 0 Å².